The van der Waals surface area contributed by atoms with Gasteiger partial charge < -0.3 is 18.9 Å². The molecule has 1 heterocycles. The van der Waals surface area contributed by atoms with Crippen molar-refractivity contribution in [1.82, 2.24) is 9.78 Å². The molecule has 0 aliphatic carbocycles. The van der Waals surface area contributed by atoms with Crippen LogP contribution in [0.4, 0.5) is 5.69 Å². The van der Waals surface area contributed by atoms with Gasteiger partial charge in [-0.15, -0.1) is 0 Å². The van der Waals surface area contributed by atoms with E-state index in [-0.39, 0.29) is 22.6 Å². The fraction of sp³-hybridized carbons (Fsp3) is 0.115. The van der Waals surface area contributed by atoms with Crippen molar-refractivity contribution in [3.63, 3.8) is 0 Å². The molecule has 0 amide bonds. The van der Waals surface area contributed by atoms with Crippen LogP contribution in [0.3, 0.4) is 0 Å². The molecule has 4 rings (SSSR count). The van der Waals surface area contributed by atoms with Gasteiger partial charge >= 0.3 is 11.9 Å². The monoisotopic (exact) mass is 503 g/mol. The van der Waals surface area contributed by atoms with E-state index in [2.05, 4.69) is 5.10 Å². The number of nitro groups is 1. The zero-order valence-electron chi connectivity index (χ0n) is 20.0. The Morgan fingerprint density at radius 3 is 2.14 bits per heavy atom. The van der Waals surface area contributed by atoms with E-state index >= 15 is 0 Å². The van der Waals surface area contributed by atoms with E-state index < -0.39 is 16.9 Å². The predicted molar refractivity (Wildman–Crippen MR) is 131 cm³/mol. The number of ether oxygens (including phenoxy) is 4. The molecule has 4 aromatic rings. The fourth-order valence-electron chi connectivity index (χ4n) is 3.62. The number of carbonyl (C=O) groups is 2. The Morgan fingerprint density at radius 1 is 0.865 bits per heavy atom. The highest BCUT2D eigenvalue weighted by Crippen LogP contribution is 2.37. The van der Waals surface area contributed by atoms with Crippen LogP contribution in [0.2, 0.25) is 0 Å². The first kappa shape index (κ1) is 24.9. The molecule has 0 spiro atoms. The minimum Gasteiger partial charge on any atom is -0.493 e. The maximum Gasteiger partial charge on any atom is 0.357 e. The molecule has 3 aromatic carbocycles. The number of methoxy groups -OCH3 is 3. The summed E-state index contributed by atoms with van der Waals surface area (Å²) >= 11 is 0. The van der Waals surface area contributed by atoms with Gasteiger partial charge in [-0.2, -0.15) is 5.10 Å². The Morgan fingerprint density at radius 2 is 1.54 bits per heavy atom. The maximum atomic E-state index is 12.8. The van der Waals surface area contributed by atoms with E-state index in [1.165, 1.54) is 50.3 Å². The van der Waals surface area contributed by atoms with Crippen molar-refractivity contribution >= 4 is 17.6 Å². The van der Waals surface area contributed by atoms with Crippen LogP contribution >= 0.6 is 0 Å². The summed E-state index contributed by atoms with van der Waals surface area (Å²) in [5.41, 5.74) is 0.888. The van der Waals surface area contributed by atoms with Crippen LogP contribution in [0.15, 0.2) is 72.8 Å². The van der Waals surface area contributed by atoms with E-state index in [4.69, 9.17) is 18.9 Å². The summed E-state index contributed by atoms with van der Waals surface area (Å²) in [5.74, 6) is -0.583. The minimum atomic E-state index is -0.775. The molecule has 0 N–H and O–H groups in total. The van der Waals surface area contributed by atoms with Crippen molar-refractivity contribution in [3.8, 4) is 34.2 Å². The number of para-hydroxylation sites is 1. The second kappa shape index (κ2) is 10.6. The third kappa shape index (κ3) is 4.96. The largest absolute Gasteiger partial charge is 0.493 e. The Kier molecular flexibility index (Phi) is 7.14. The number of nitrogens with zero attached hydrogens (tertiary/aromatic N) is 3. The summed E-state index contributed by atoms with van der Waals surface area (Å²) < 4.78 is 22.6. The lowest BCUT2D eigenvalue weighted by atomic mass is 10.0. The molecule has 0 aliphatic heterocycles. The van der Waals surface area contributed by atoms with Crippen LogP contribution in [0, 0.1) is 10.1 Å². The van der Waals surface area contributed by atoms with E-state index in [1.807, 2.05) is 6.07 Å². The van der Waals surface area contributed by atoms with Gasteiger partial charge in [-0.05, 0) is 42.5 Å². The molecular weight excluding hydrogens is 482 g/mol. The smallest absolute Gasteiger partial charge is 0.357 e. The van der Waals surface area contributed by atoms with Crippen LogP contribution in [-0.4, -0.2) is 48.0 Å². The zero-order valence-corrected chi connectivity index (χ0v) is 20.0. The van der Waals surface area contributed by atoms with Gasteiger partial charge in [0.1, 0.15) is 17.0 Å². The van der Waals surface area contributed by atoms with Crippen molar-refractivity contribution in [3.05, 3.63) is 94.2 Å². The third-order valence-electron chi connectivity index (χ3n) is 5.37. The quantitative estimate of drug-likeness (QED) is 0.188. The molecule has 0 unspecified atom stereocenters. The molecule has 0 fully saturated rings. The average Bonchev–Trinajstić information content (AvgIpc) is 3.34. The Balaban J connectivity index is 1.82. The summed E-state index contributed by atoms with van der Waals surface area (Å²) in [6, 6.07) is 19.2. The lowest BCUT2D eigenvalue weighted by Gasteiger charge is -2.12. The van der Waals surface area contributed by atoms with Gasteiger partial charge in [0, 0.05) is 17.7 Å². The maximum absolute atomic E-state index is 12.8. The Labute approximate surface area is 210 Å². The number of non-ortho nitro benzene ring substituents is 1. The molecular formula is C26H21N3O8. The highest BCUT2D eigenvalue weighted by atomic mass is 16.6. The molecule has 0 saturated heterocycles. The van der Waals surface area contributed by atoms with Gasteiger partial charge in [0.15, 0.2) is 17.2 Å². The third-order valence-corrected chi connectivity index (χ3v) is 5.37. The highest BCUT2D eigenvalue weighted by molar-refractivity contribution is 6.06. The number of hydrogen-bond acceptors (Lipinski definition) is 9. The average molecular weight is 503 g/mol. The van der Waals surface area contributed by atoms with Crippen molar-refractivity contribution in [1.29, 1.82) is 0 Å². The van der Waals surface area contributed by atoms with Crippen molar-refractivity contribution < 1.29 is 33.5 Å². The number of nitro benzene ring substituents is 1. The van der Waals surface area contributed by atoms with E-state index in [1.54, 1.807) is 42.5 Å². The fourth-order valence-corrected chi connectivity index (χ4v) is 3.62. The van der Waals surface area contributed by atoms with Crippen molar-refractivity contribution in [2.45, 2.75) is 0 Å². The summed E-state index contributed by atoms with van der Waals surface area (Å²) in [4.78, 5) is 36.0. The first-order chi connectivity index (χ1) is 17.9. The SMILES string of the molecule is COC(=O)c1c(-c2ccc(Oc3ccc([N+](=O)[O-])cc3)c(OC)c2)nn(-c2ccccc2)c1C(=O)OC. The summed E-state index contributed by atoms with van der Waals surface area (Å²) in [6.07, 6.45) is 0. The van der Waals surface area contributed by atoms with Crippen LogP contribution in [0.1, 0.15) is 20.8 Å². The standard InChI is InChI=1S/C26H21N3O8/c1-34-21-15-16(9-14-20(21)37-19-12-10-18(11-13-19)29(32)33)23-22(25(30)35-2)24(26(31)36-3)28(27-23)17-7-5-4-6-8-17/h4-15H,1-3H3. The van der Waals surface area contributed by atoms with Gasteiger partial charge in [0.05, 0.1) is 31.9 Å². The van der Waals surface area contributed by atoms with Gasteiger partial charge in [-0.3, -0.25) is 10.1 Å². The highest BCUT2D eigenvalue weighted by Gasteiger charge is 2.31. The van der Waals surface area contributed by atoms with E-state index in [9.17, 15) is 19.7 Å². The van der Waals surface area contributed by atoms with Crippen LogP contribution < -0.4 is 9.47 Å². The number of hydrogen-bond donors (Lipinski definition) is 0. The zero-order chi connectivity index (χ0) is 26.5. The van der Waals surface area contributed by atoms with Crippen LogP contribution in [0.25, 0.3) is 16.9 Å². The molecule has 0 bridgehead atoms. The summed E-state index contributed by atoms with van der Waals surface area (Å²) in [6.45, 7) is 0. The number of esters is 2. The van der Waals surface area contributed by atoms with Gasteiger partial charge in [0.25, 0.3) is 5.69 Å². The number of rotatable bonds is 8. The molecule has 1 aromatic heterocycles. The van der Waals surface area contributed by atoms with Gasteiger partial charge in [0.2, 0.25) is 0 Å². The number of carbonyl (C=O) groups excluding carboxylic acids is 2. The van der Waals surface area contributed by atoms with Crippen molar-refractivity contribution in [2.24, 2.45) is 0 Å². The molecule has 11 heteroatoms. The molecule has 37 heavy (non-hydrogen) atoms. The van der Waals surface area contributed by atoms with E-state index in [0.717, 1.165) is 0 Å². The second-order valence-electron chi connectivity index (χ2n) is 7.52. The predicted octanol–water partition coefficient (Wildman–Crippen LogP) is 4.82. The molecule has 0 radical (unpaired) electrons. The van der Waals surface area contributed by atoms with Crippen molar-refractivity contribution in [2.75, 3.05) is 21.3 Å². The number of aromatic nitrogens is 2. The lowest BCUT2D eigenvalue weighted by molar-refractivity contribution is -0.384. The number of benzene rings is 3. The Hall–Kier alpha value is -5.19. The second-order valence-corrected chi connectivity index (χ2v) is 7.52. The molecule has 11 nitrogen and oxygen atoms in total. The lowest BCUT2D eigenvalue weighted by Crippen LogP contribution is -2.15. The van der Waals surface area contributed by atoms with Crippen LogP contribution in [0.5, 0.6) is 17.2 Å². The summed E-state index contributed by atoms with van der Waals surface area (Å²) in [5, 5.41) is 15.5. The first-order valence-corrected chi connectivity index (χ1v) is 10.8. The van der Waals surface area contributed by atoms with Crippen LogP contribution in [-0.2, 0) is 9.47 Å². The van der Waals surface area contributed by atoms with Gasteiger partial charge in [-0.25, -0.2) is 14.3 Å². The topological polar surface area (TPSA) is 132 Å². The first-order valence-electron chi connectivity index (χ1n) is 10.8. The molecule has 0 aliphatic rings. The minimum absolute atomic E-state index is 0.0691. The normalized spacial score (nSPS) is 10.5. The molecule has 0 atom stereocenters. The van der Waals surface area contributed by atoms with Gasteiger partial charge in [-0.1, -0.05) is 18.2 Å². The molecule has 0 saturated carbocycles. The molecule has 188 valence electrons. The summed E-state index contributed by atoms with van der Waals surface area (Å²) in [7, 11) is 3.85. The van der Waals surface area contributed by atoms with E-state index in [0.29, 0.717) is 28.5 Å². The Bertz CT molecular complexity index is 1460.